The van der Waals surface area contributed by atoms with Gasteiger partial charge in [0.1, 0.15) is 0 Å². The molecule has 0 aliphatic heterocycles. The van der Waals surface area contributed by atoms with Crippen LogP contribution in [0, 0.1) is 0 Å². The zero-order valence-corrected chi connectivity index (χ0v) is 26.7. The van der Waals surface area contributed by atoms with Gasteiger partial charge in [-0.25, -0.2) is 0 Å². The van der Waals surface area contributed by atoms with Crippen LogP contribution in [0.3, 0.4) is 0 Å². The molecular weight excluding hydrogens is 504 g/mol. The Bertz CT molecular complexity index is 1560. The predicted molar refractivity (Wildman–Crippen MR) is 189 cm³/mol. The highest BCUT2D eigenvalue weighted by molar-refractivity contribution is 6.24. The summed E-state index contributed by atoms with van der Waals surface area (Å²) in [4.78, 5) is 0. The summed E-state index contributed by atoms with van der Waals surface area (Å²) in [6.07, 6.45) is 24.6. The Balaban J connectivity index is 1.39. The van der Waals surface area contributed by atoms with Crippen LogP contribution in [0.4, 0.5) is 0 Å². The lowest BCUT2D eigenvalue weighted by Gasteiger charge is -2.16. The van der Waals surface area contributed by atoms with Gasteiger partial charge < -0.3 is 0 Å². The molecule has 5 aromatic rings. The summed E-state index contributed by atoms with van der Waals surface area (Å²) >= 11 is 0. The summed E-state index contributed by atoms with van der Waals surface area (Å²) < 4.78 is 0. The highest BCUT2D eigenvalue weighted by Gasteiger charge is 2.13. The van der Waals surface area contributed by atoms with E-state index in [1.54, 1.807) is 11.1 Å². The van der Waals surface area contributed by atoms with Crippen molar-refractivity contribution in [3.8, 4) is 0 Å². The highest BCUT2D eigenvalue weighted by atomic mass is 14.2. The molecule has 222 valence electrons. The van der Waals surface area contributed by atoms with E-state index in [0.717, 1.165) is 0 Å². The molecule has 0 nitrogen and oxygen atoms in total. The Kier molecular flexibility index (Phi) is 11.7. The third-order valence-corrected chi connectivity index (χ3v) is 9.69. The fourth-order valence-corrected chi connectivity index (χ4v) is 7.25. The van der Waals surface area contributed by atoms with Crippen LogP contribution in [0.1, 0.15) is 128 Å². The second-order valence-electron chi connectivity index (χ2n) is 12.9. The van der Waals surface area contributed by atoms with Gasteiger partial charge in [-0.15, -0.1) is 0 Å². The second-order valence-corrected chi connectivity index (χ2v) is 12.9. The minimum atomic E-state index is 1.22. The molecule has 0 fully saturated rings. The molecule has 0 heteroatoms. The normalized spacial score (nSPS) is 11.9. The molecule has 0 bridgehead atoms. The number of fused-ring (bicyclic) bond motifs is 7. The van der Waals surface area contributed by atoms with Crippen molar-refractivity contribution < 1.29 is 0 Å². The summed E-state index contributed by atoms with van der Waals surface area (Å²) in [5.41, 5.74) is 3.25. The molecule has 0 atom stereocenters. The van der Waals surface area contributed by atoms with E-state index in [2.05, 4.69) is 86.6 Å². The van der Waals surface area contributed by atoms with E-state index in [-0.39, 0.29) is 0 Å². The fourth-order valence-electron chi connectivity index (χ4n) is 7.25. The molecule has 0 aliphatic rings. The first-order valence-electron chi connectivity index (χ1n) is 17.6. The number of rotatable bonds is 18. The number of hydrogen-bond acceptors (Lipinski definition) is 0. The Morgan fingerprint density at radius 2 is 0.857 bits per heavy atom. The maximum Gasteiger partial charge on any atom is -0.00266 e. The van der Waals surface area contributed by atoms with Gasteiger partial charge in [-0.1, -0.05) is 177 Å². The first kappa shape index (κ1) is 30.6. The zero-order chi connectivity index (χ0) is 29.0. The molecule has 5 rings (SSSR count). The minimum Gasteiger partial charge on any atom is -0.0654 e. The Morgan fingerprint density at radius 3 is 1.57 bits per heavy atom. The molecule has 0 heterocycles. The standard InChI is InChI=1S/C42H54/c1-3-5-7-9-11-13-15-17-21-33-27-29-39-38(36(33)23-18-16-14-12-10-8-6-4-2)31-32-41-40(39)30-28-35-26-25-34-22-19-20-24-37(34)42(35)41/h19-20,22,24-32H,3-18,21,23H2,1-2H3. The monoisotopic (exact) mass is 558 g/mol. The van der Waals surface area contributed by atoms with Crippen LogP contribution < -0.4 is 0 Å². The van der Waals surface area contributed by atoms with Crippen molar-refractivity contribution in [3.63, 3.8) is 0 Å². The lowest BCUT2D eigenvalue weighted by molar-refractivity contribution is 0.571. The number of unbranched alkanes of at least 4 members (excludes halogenated alkanes) is 14. The van der Waals surface area contributed by atoms with Crippen LogP contribution >= 0.6 is 0 Å². The lowest BCUT2D eigenvalue weighted by atomic mass is 9.88. The summed E-state index contributed by atoms with van der Waals surface area (Å²) in [5.74, 6) is 0. The average Bonchev–Trinajstić information content (AvgIpc) is 3.03. The van der Waals surface area contributed by atoms with E-state index in [4.69, 9.17) is 0 Å². The molecule has 0 saturated carbocycles. The summed E-state index contributed by atoms with van der Waals surface area (Å²) in [6.45, 7) is 4.62. The van der Waals surface area contributed by atoms with Gasteiger partial charge >= 0.3 is 0 Å². The van der Waals surface area contributed by atoms with Crippen LogP contribution in [-0.2, 0) is 12.8 Å². The topological polar surface area (TPSA) is 0 Å². The average molecular weight is 559 g/mol. The maximum atomic E-state index is 2.50. The van der Waals surface area contributed by atoms with Crippen molar-refractivity contribution in [1.29, 1.82) is 0 Å². The molecule has 0 radical (unpaired) electrons. The van der Waals surface area contributed by atoms with Gasteiger partial charge in [0.05, 0.1) is 0 Å². The maximum absolute atomic E-state index is 2.50. The summed E-state index contributed by atoms with van der Waals surface area (Å²) in [7, 11) is 0. The first-order valence-corrected chi connectivity index (χ1v) is 17.6. The third-order valence-electron chi connectivity index (χ3n) is 9.69. The molecule has 0 spiro atoms. The first-order chi connectivity index (χ1) is 20.8. The largest absolute Gasteiger partial charge is 0.0654 e. The van der Waals surface area contributed by atoms with E-state index < -0.39 is 0 Å². The van der Waals surface area contributed by atoms with Crippen molar-refractivity contribution in [3.05, 3.63) is 83.9 Å². The van der Waals surface area contributed by atoms with Gasteiger partial charge in [0, 0.05) is 0 Å². The Labute approximate surface area is 255 Å². The van der Waals surface area contributed by atoms with Crippen LogP contribution in [0.5, 0.6) is 0 Å². The molecule has 0 amide bonds. The Hall–Kier alpha value is -2.86. The predicted octanol–water partition coefficient (Wildman–Crippen LogP) is 13.7. The fraction of sp³-hybridized carbons (Fsp3) is 0.476. The molecule has 0 unspecified atom stereocenters. The molecule has 0 aliphatic carbocycles. The second kappa shape index (κ2) is 16.1. The number of aryl methyl sites for hydroxylation is 2. The van der Waals surface area contributed by atoms with E-state index in [1.165, 1.54) is 159 Å². The van der Waals surface area contributed by atoms with E-state index in [9.17, 15) is 0 Å². The van der Waals surface area contributed by atoms with Gasteiger partial charge in [0.2, 0.25) is 0 Å². The molecule has 0 aromatic heterocycles. The van der Waals surface area contributed by atoms with Gasteiger partial charge in [-0.3, -0.25) is 0 Å². The van der Waals surface area contributed by atoms with Crippen molar-refractivity contribution >= 4 is 43.1 Å². The van der Waals surface area contributed by atoms with Crippen LogP contribution in [-0.4, -0.2) is 0 Å². The summed E-state index contributed by atoms with van der Waals surface area (Å²) in [5, 5.41) is 11.2. The zero-order valence-electron chi connectivity index (χ0n) is 26.7. The van der Waals surface area contributed by atoms with E-state index >= 15 is 0 Å². The summed E-state index contributed by atoms with van der Waals surface area (Å²) in [6, 6.07) is 28.0. The molecule has 42 heavy (non-hydrogen) atoms. The van der Waals surface area contributed by atoms with Crippen molar-refractivity contribution in [2.45, 2.75) is 129 Å². The van der Waals surface area contributed by atoms with E-state index in [1.807, 2.05) is 0 Å². The van der Waals surface area contributed by atoms with Gasteiger partial charge in [-0.2, -0.15) is 0 Å². The molecule has 0 N–H and O–H groups in total. The van der Waals surface area contributed by atoms with Gasteiger partial charge in [0.25, 0.3) is 0 Å². The van der Waals surface area contributed by atoms with Crippen LogP contribution in [0.25, 0.3) is 43.1 Å². The van der Waals surface area contributed by atoms with Gasteiger partial charge in [-0.05, 0) is 79.9 Å². The molecule has 0 saturated heterocycles. The molecular formula is C42H54. The van der Waals surface area contributed by atoms with Gasteiger partial charge in [0.15, 0.2) is 0 Å². The highest BCUT2D eigenvalue weighted by Crippen LogP contribution is 2.37. The SMILES string of the molecule is CCCCCCCCCCc1ccc2c(ccc3c2ccc2ccc4ccccc4c23)c1CCCCCCCCCC. The van der Waals surface area contributed by atoms with Crippen LogP contribution in [0.2, 0.25) is 0 Å². The Morgan fingerprint density at radius 1 is 0.357 bits per heavy atom. The third kappa shape index (κ3) is 7.55. The van der Waals surface area contributed by atoms with Crippen molar-refractivity contribution in [2.24, 2.45) is 0 Å². The van der Waals surface area contributed by atoms with E-state index in [0.29, 0.717) is 0 Å². The minimum absolute atomic E-state index is 1.22. The smallest absolute Gasteiger partial charge is 0.00266 e. The number of benzene rings is 5. The lowest BCUT2D eigenvalue weighted by Crippen LogP contribution is -1.98. The number of hydrogen-bond donors (Lipinski definition) is 0. The van der Waals surface area contributed by atoms with Crippen molar-refractivity contribution in [1.82, 2.24) is 0 Å². The molecule has 5 aromatic carbocycles. The van der Waals surface area contributed by atoms with Crippen LogP contribution in [0.15, 0.2) is 72.8 Å². The quantitative estimate of drug-likeness (QED) is 0.0741. The van der Waals surface area contributed by atoms with Crippen molar-refractivity contribution in [2.75, 3.05) is 0 Å².